The summed E-state index contributed by atoms with van der Waals surface area (Å²) < 4.78 is 10.7. The number of esters is 1. The van der Waals surface area contributed by atoms with E-state index in [1.165, 1.54) is 37.0 Å². The van der Waals surface area contributed by atoms with Gasteiger partial charge in [-0.15, -0.1) is 0 Å². The highest BCUT2D eigenvalue weighted by Crippen LogP contribution is 2.35. The zero-order valence-electron chi connectivity index (χ0n) is 26.5. The van der Waals surface area contributed by atoms with E-state index in [0.29, 0.717) is 40.2 Å². The lowest BCUT2D eigenvalue weighted by atomic mass is 9.77. The monoisotopic (exact) mass is 636 g/mol. The number of carbonyl (C=O) groups is 4. The van der Waals surface area contributed by atoms with Crippen LogP contribution >= 0.6 is 0 Å². The van der Waals surface area contributed by atoms with Gasteiger partial charge in [0.05, 0.1) is 19.1 Å². The van der Waals surface area contributed by atoms with E-state index < -0.39 is 24.4 Å². The highest BCUT2D eigenvalue weighted by atomic mass is 16.5. The molecule has 0 spiro atoms. The van der Waals surface area contributed by atoms with E-state index in [0.717, 1.165) is 12.0 Å². The van der Waals surface area contributed by atoms with Crippen LogP contribution in [0.4, 0.5) is 5.69 Å². The number of carbonyl (C=O) groups excluding carboxylic acids is 3. The SMILES string of the molecule is COc1ccc(CC(=O)Nc2ccc(C(=O)N(CC(=O)O)Cc3ccc(OC(=O)C4=CCC(C5CCCCC5)C=C4)cc3)cc2)cc1. The summed E-state index contributed by atoms with van der Waals surface area (Å²) in [5, 5.41) is 12.3. The van der Waals surface area contributed by atoms with E-state index >= 15 is 0 Å². The Hall–Kier alpha value is -5.18. The van der Waals surface area contributed by atoms with Crippen molar-refractivity contribution >= 4 is 29.4 Å². The summed E-state index contributed by atoms with van der Waals surface area (Å²) in [5.74, 6) is -0.00733. The first-order valence-electron chi connectivity index (χ1n) is 16.0. The van der Waals surface area contributed by atoms with Crippen molar-refractivity contribution in [3.05, 3.63) is 113 Å². The Kier molecular flexibility index (Phi) is 11.2. The summed E-state index contributed by atoms with van der Waals surface area (Å²) in [6, 6.07) is 20.2. The second-order valence-electron chi connectivity index (χ2n) is 12.1. The maximum Gasteiger partial charge on any atom is 0.343 e. The molecule has 1 unspecified atom stereocenters. The standard InChI is InChI=1S/C38H40N2O7/c1-46-33-19-7-26(8-20-33)23-35(41)39-32-17-15-30(16-18-32)37(44)40(25-36(42)43)24-27-9-21-34(22-10-27)47-38(45)31-13-11-29(12-14-31)28-5-3-2-4-6-28/h7-11,13-22,28-29H,2-6,12,23-25H2,1H3,(H,39,41)(H,42,43). The number of carboxylic acids is 1. The van der Waals surface area contributed by atoms with Crippen molar-refractivity contribution in [1.82, 2.24) is 4.90 Å². The van der Waals surface area contributed by atoms with Crippen molar-refractivity contribution in [2.24, 2.45) is 11.8 Å². The number of hydrogen-bond acceptors (Lipinski definition) is 6. The summed E-state index contributed by atoms with van der Waals surface area (Å²) in [5.41, 5.74) is 2.84. The molecule has 0 heterocycles. The number of nitrogens with one attached hydrogen (secondary N) is 1. The number of amides is 2. The minimum absolute atomic E-state index is 0.0379. The van der Waals surface area contributed by atoms with Gasteiger partial charge in [0.15, 0.2) is 0 Å². The lowest BCUT2D eigenvalue weighted by Gasteiger charge is -2.29. The zero-order chi connectivity index (χ0) is 33.2. The van der Waals surface area contributed by atoms with Crippen molar-refractivity contribution in [1.29, 1.82) is 0 Å². The van der Waals surface area contributed by atoms with E-state index in [1.807, 2.05) is 24.3 Å². The Morgan fingerprint density at radius 1 is 0.851 bits per heavy atom. The molecule has 2 aliphatic carbocycles. The molecule has 2 amide bonds. The van der Waals surface area contributed by atoms with Crippen LogP contribution in [-0.4, -0.2) is 47.4 Å². The second kappa shape index (κ2) is 15.9. The molecule has 1 atom stereocenters. The average Bonchev–Trinajstić information content (AvgIpc) is 3.09. The molecule has 1 fully saturated rings. The average molecular weight is 637 g/mol. The molecule has 2 aliphatic rings. The molecule has 244 valence electrons. The van der Waals surface area contributed by atoms with Crippen LogP contribution in [0.25, 0.3) is 0 Å². The Labute approximate surface area is 274 Å². The second-order valence-corrected chi connectivity index (χ2v) is 12.1. The fourth-order valence-corrected chi connectivity index (χ4v) is 6.12. The van der Waals surface area contributed by atoms with Crippen molar-refractivity contribution in [3.8, 4) is 11.5 Å². The third kappa shape index (κ3) is 9.42. The summed E-state index contributed by atoms with van der Waals surface area (Å²) in [4.78, 5) is 51.4. The Bertz CT molecular complexity index is 1620. The molecule has 5 rings (SSSR count). The van der Waals surface area contributed by atoms with Crippen molar-refractivity contribution in [2.45, 2.75) is 51.5 Å². The van der Waals surface area contributed by atoms with Crippen LogP contribution in [0.3, 0.4) is 0 Å². The van der Waals surface area contributed by atoms with Gasteiger partial charge in [-0.1, -0.05) is 61.8 Å². The van der Waals surface area contributed by atoms with Gasteiger partial charge in [0.25, 0.3) is 5.91 Å². The number of allylic oxidation sites excluding steroid dienone is 2. The Morgan fingerprint density at radius 2 is 1.51 bits per heavy atom. The summed E-state index contributed by atoms with van der Waals surface area (Å²) in [6.07, 6.45) is 13.4. The number of carboxylic acid groups (broad SMARTS) is 1. The summed E-state index contributed by atoms with van der Waals surface area (Å²) in [6.45, 7) is -0.464. The molecule has 3 aromatic carbocycles. The molecule has 0 saturated heterocycles. The van der Waals surface area contributed by atoms with Gasteiger partial charge >= 0.3 is 11.9 Å². The molecule has 0 aliphatic heterocycles. The van der Waals surface area contributed by atoms with E-state index in [1.54, 1.807) is 67.8 Å². The van der Waals surface area contributed by atoms with Crippen LogP contribution in [-0.2, 0) is 27.3 Å². The van der Waals surface area contributed by atoms with Gasteiger partial charge in [0.2, 0.25) is 5.91 Å². The number of ether oxygens (including phenoxy) is 2. The van der Waals surface area contributed by atoms with E-state index in [4.69, 9.17) is 9.47 Å². The molecule has 9 nitrogen and oxygen atoms in total. The van der Waals surface area contributed by atoms with Gasteiger partial charge < -0.3 is 24.8 Å². The number of rotatable bonds is 12. The zero-order valence-corrected chi connectivity index (χ0v) is 26.5. The van der Waals surface area contributed by atoms with Gasteiger partial charge in [0.1, 0.15) is 18.0 Å². The minimum Gasteiger partial charge on any atom is -0.497 e. The number of hydrogen-bond donors (Lipinski definition) is 2. The van der Waals surface area contributed by atoms with Gasteiger partial charge in [-0.2, -0.15) is 0 Å². The predicted octanol–water partition coefficient (Wildman–Crippen LogP) is 6.59. The lowest BCUT2D eigenvalue weighted by molar-refractivity contribution is -0.138. The smallest absolute Gasteiger partial charge is 0.343 e. The van der Waals surface area contributed by atoms with Crippen molar-refractivity contribution in [3.63, 3.8) is 0 Å². The molecule has 3 aromatic rings. The normalized spacial score (nSPS) is 16.1. The molecule has 0 aromatic heterocycles. The highest BCUT2D eigenvalue weighted by Gasteiger charge is 2.24. The first-order chi connectivity index (χ1) is 22.8. The van der Waals surface area contributed by atoms with Gasteiger partial charge in [0, 0.05) is 17.8 Å². The maximum atomic E-state index is 13.3. The van der Waals surface area contributed by atoms with Crippen LogP contribution in [0, 0.1) is 11.8 Å². The molecule has 0 radical (unpaired) electrons. The van der Waals surface area contributed by atoms with Gasteiger partial charge in [-0.25, -0.2) is 4.79 Å². The first kappa shape index (κ1) is 33.2. The number of aliphatic carboxylic acids is 1. The lowest BCUT2D eigenvalue weighted by Crippen LogP contribution is -2.35. The fourth-order valence-electron chi connectivity index (χ4n) is 6.12. The maximum absolute atomic E-state index is 13.3. The van der Waals surface area contributed by atoms with E-state index in [-0.39, 0.29) is 24.4 Å². The molecule has 47 heavy (non-hydrogen) atoms. The molecule has 1 saturated carbocycles. The minimum atomic E-state index is -1.15. The van der Waals surface area contributed by atoms with Crippen molar-refractivity contribution < 1.29 is 33.8 Å². The van der Waals surface area contributed by atoms with Crippen molar-refractivity contribution in [2.75, 3.05) is 19.0 Å². The van der Waals surface area contributed by atoms with Gasteiger partial charge in [-0.3, -0.25) is 14.4 Å². The summed E-state index contributed by atoms with van der Waals surface area (Å²) in [7, 11) is 1.58. The topological polar surface area (TPSA) is 122 Å². The highest BCUT2D eigenvalue weighted by molar-refractivity contribution is 5.97. The van der Waals surface area contributed by atoms with Crippen LogP contribution in [0.5, 0.6) is 11.5 Å². The third-order valence-corrected chi connectivity index (χ3v) is 8.68. The number of anilines is 1. The van der Waals surface area contributed by atoms with Gasteiger partial charge in [-0.05, 0) is 90.8 Å². The Balaban J connectivity index is 1.14. The van der Waals surface area contributed by atoms with Crippen LogP contribution in [0.1, 0.15) is 60.0 Å². The Morgan fingerprint density at radius 3 is 2.13 bits per heavy atom. The quantitative estimate of drug-likeness (QED) is 0.170. The molecule has 0 bridgehead atoms. The third-order valence-electron chi connectivity index (χ3n) is 8.68. The first-order valence-corrected chi connectivity index (χ1v) is 16.0. The van der Waals surface area contributed by atoms with Crippen LogP contribution < -0.4 is 14.8 Å². The number of nitrogens with zero attached hydrogens (tertiary/aromatic N) is 1. The van der Waals surface area contributed by atoms with Crippen LogP contribution in [0.2, 0.25) is 0 Å². The van der Waals surface area contributed by atoms with E-state index in [9.17, 15) is 24.3 Å². The van der Waals surface area contributed by atoms with Crippen LogP contribution in [0.15, 0.2) is 96.6 Å². The molecular weight excluding hydrogens is 596 g/mol. The predicted molar refractivity (Wildman–Crippen MR) is 178 cm³/mol. The summed E-state index contributed by atoms with van der Waals surface area (Å²) >= 11 is 0. The number of benzene rings is 3. The molecule has 9 heteroatoms. The fraction of sp³-hybridized carbons (Fsp3) is 0.316. The molecule has 2 N–H and O–H groups in total. The van der Waals surface area contributed by atoms with E-state index in [2.05, 4.69) is 11.4 Å². The molecular formula is C38H40N2O7. The number of methoxy groups -OCH3 is 1. The largest absolute Gasteiger partial charge is 0.497 e.